The highest BCUT2D eigenvalue weighted by molar-refractivity contribution is 6.35. The predicted molar refractivity (Wildman–Crippen MR) is 73.4 cm³/mol. The lowest BCUT2D eigenvalue weighted by Crippen LogP contribution is -2.09. The van der Waals surface area contributed by atoms with E-state index in [1.807, 2.05) is 0 Å². The van der Waals surface area contributed by atoms with Gasteiger partial charge in [-0.2, -0.15) is 0 Å². The van der Waals surface area contributed by atoms with Crippen LogP contribution in [0, 0.1) is 0 Å². The fourth-order valence-electron chi connectivity index (χ4n) is 1.59. The summed E-state index contributed by atoms with van der Waals surface area (Å²) in [6.45, 7) is 1.41. The third-order valence-electron chi connectivity index (χ3n) is 2.59. The summed E-state index contributed by atoms with van der Waals surface area (Å²) in [6, 6.07) is 6.73. The van der Waals surface area contributed by atoms with Crippen LogP contribution < -0.4 is 4.89 Å². The van der Waals surface area contributed by atoms with Gasteiger partial charge in [-0.15, -0.1) is 0 Å². The maximum Gasteiger partial charge on any atom is 0.355 e. The molecular formula is C14H12ClNO4. The van der Waals surface area contributed by atoms with E-state index >= 15 is 0 Å². The van der Waals surface area contributed by atoms with E-state index in [9.17, 15) is 9.59 Å². The van der Waals surface area contributed by atoms with Gasteiger partial charge in [-0.25, -0.2) is 4.79 Å². The SMILES string of the molecule is CC(=O)CCC(=O)OOc1ccc(Cl)c2cccnc12. The quantitative estimate of drug-likeness (QED) is 0.626. The van der Waals surface area contributed by atoms with Crippen LogP contribution in [-0.4, -0.2) is 16.7 Å². The second kappa shape index (κ2) is 6.34. The Balaban J connectivity index is 2.09. The Labute approximate surface area is 120 Å². The number of pyridine rings is 1. The molecule has 20 heavy (non-hydrogen) atoms. The van der Waals surface area contributed by atoms with Gasteiger partial charge in [0.25, 0.3) is 0 Å². The van der Waals surface area contributed by atoms with Gasteiger partial charge < -0.3 is 4.79 Å². The maximum absolute atomic E-state index is 11.4. The highest BCUT2D eigenvalue weighted by atomic mass is 35.5. The molecule has 0 saturated carbocycles. The number of rotatable bonds is 5. The number of carbonyl (C=O) groups is 2. The van der Waals surface area contributed by atoms with E-state index in [-0.39, 0.29) is 18.6 Å². The van der Waals surface area contributed by atoms with Gasteiger partial charge in [0.15, 0.2) is 0 Å². The van der Waals surface area contributed by atoms with Gasteiger partial charge in [0.05, 0.1) is 11.4 Å². The molecule has 0 spiro atoms. The average Bonchev–Trinajstić information content (AvgIpc) is 2.45. The van der Waals surface area contributed by atoms with Gasteiger partial charge >= 0.3 is 5.97 Å². The zero-order valence-corrected chi connectivity index (χ0v) is 11.5. The molecule has 5 nitrogen and oxygen atoms in total. The van der Waals surface area contributed by atoms with Crippen LogP contribution in [0.4, 0.5) is 0 Å². The van der Waals surface area contributed by atoms with Crippen LogP contribution in [0.5, 0.6) is 5.75 Å². The second-order valence-corrected chi connectivity index (χ2v) is 4.59. The molecule has 0 aliphatic rings. The molecule has 0 atom stereocenters. The Morgan fingerprint density at radius 1 is 1.25 bits per heavy atom. The van der Waals surface area contributed by atoms with Crippen molar-refractivity contribution >= 4 is 34.3 Å². The molecular weight excluding hydrogens is 282 g/mol. The minimum Gasteiger partial charge on any atom is -0.300 e. The number of hydrogen-bond acceptors (Lipinski definition) is 5. The standard InChI is InChI=1S/C14H12ClNO4/c1-9(17)4-7-13(18)20-19-12-6-5-11(15)10-3-2-8-16-14(10)12/h2-3,5-6,8H,4,7H2,1H3. The lowest BCUT2D eigenvalue weighted by molar-refractivity contribution is -0.213. The number of carbonyl (C=O) groups excluding carboxylic acids is 2. The topological polar surface area (TPSA) is 65.5 Å². The van der Waals surface area contributed by atoms with Crippen LogP contribution in [0.25, 0.3) is 10.9 Å². The van der Waals surface area contributed by atoms with Crippen molar-refractivity contribution in [2.24, 2.45) is 0 Å². The number of benzene rings is 1. The molecule has 104 valence electrons. The molecule has 0 bridgehead atoms. The lowest BCUT2D eigenvalue weighted by Gasteiger charge is -2.07. The van der Waals surface area contributed by atoms with Gasteiger partial charge in [-0.05, 0) is 31.2 Å². The highest BCUT2D eigenvalue weighted by Crippen LogP contribution is 2.29. The van der Waals surface area contributed by atoms with E-state index in [0.717, 1.165) is 0 Å². The minimum absolute atomic E-state index is 0.0196. The summed E-state index contributed by atoms with van der Waals surface area (Å²) in [5.41, 5.74) is 0.499. The number of aromatic nitrogens is 1. The number of hydrogen-bond donors (Lipinski definition) is 0. The number of halogens is 1. The second-order valence-electron chi connectivity index (χ2n) is 4.19. The van der Waals surface area contributed by atoms with Crippen molar-refractivity contribution in [3.63, 3.8) is 0 Å². The molecule has 6 heteroatoms. The van der Waals surface area contributed by atoms with Crippen molar-refractivity contribution in [1.82, 2.24) is 4.98 Å². The molecule has 0 unspecified atom stereocenters. The summed E-state index contributed by atoms with van der Waals surface area (Å²) in [5.74, 6) is -0.402. The average molecular weight is 294 g/mol. The predicted octanol–water partition coefficient (Wildman–Crippen LogP) is 3.09. The molecule has 0 radical (unpaired) electrons. The van der Waals surface area contributed by atoms with E-state index in [4.69, 9.17) is 16.5 Å². The zero-order chi connectivity index (χ0) is 14.5. The van der Waals surface area contributed by atoms with Crippen LogP contribution in [0.3, 0.4) is 0 Å². The van der Waals surface area contributed by atoms with Crippen molar-refractivity contribution < 1.29 is 19.4 Å². The Morgan fingerprint density at radius 2 is 2.05 bits per heavy atom. The Hall–Kier alpha value is -2.14. The van der Waals surface area contributed by atoms with Gasteiger partial charge in [0.2, 0.25) is 5.75 Å². The van der Waals surface area contributed by atoms with Crippen LogP contribution in [0.1, 0.15) is 19.8 Å². The number of nitrogens with zero attached hydrogens (tertiary/aromatic N) is 1. The zero-order valence-electron chi connectivity index (χ0n) is 10.8. The fraction of sp³-hybridized carbons (Fsp3) is 0.214. The van der Waals surface area contributed by atoms with Gasteiger partial charge in [0.1, 0.15) is 11.3 Å². The first-order valence-corrected chi connectivity index (χ1v) is 6.36. The van der Waals surface area contributed by atoms with Crippen LogP contribution >= 0.6 is 11.6 Å². The molecule has 0 aliphatic heterocycles. The van der Waals surface area contributed by atoms with E-state index in [0.29, 0.717) is 21.7 Å². The van der Waals surface area contributed by atoms with Crippen molar-refractivity contribution in [3.8, 4) is 5.75 Å². The fourth-order valence-corrected chi connectivity index (χ4v) is 1.81. The smallest absolute Gasteiger partial charge is 0.300 e. The van der Waals surface area contributed by atoms with E-state index in [2.05, 4.69) is 9.87 Å². The minimum atomic E-state index is -0.612. The Kier molecular flexibility index (Phi) is 4.53. The Bertz CT molecular complexity index is 657. The van der Waals surface area contributed by atoms with Crippen molar-refractivity contribution in [1.29, 1.82) is 0 Å². The number of Topliss-reactive ketones (excluding diaryl/α,β-unsaturated/α-hetero) is 1. The molecule has 1 aromatic heterocycles. The summed E-state index contributed by atoms with van der Waals surface area (Å²) >= 11 is 6.04. The Morgan fingerprint density at radius 3 is 2.80 bits per heavy atom. The highest BCUT2D eigenvalue weighted by Gasteiger charge is 2.11. The van der Waals surface area contributed by atoms with Crippen LogP contribution in [0.2, 0.25) is 5.02 Å². The van der Waals surface area contributed by atoms with Crippen molar-refractivity contribution in [2.75, 3.05) is 0 Å². The van der Waals surface area contributed by atoms with E-state index in [1.165, 1.54) is 6.92 Å². The lowest BCUT2D eigenvalue weighted by atomic mass is 10.2. The summed E-state index contributed by atoms with van der Waals surface area (Å²) in [4.78, 5) is 35.9. The van der Waals surface area contributed by atoms with Gasteiger partial charge in [0, 0.05) is 18.0 Å². The normalized spacial score (nSPS) is 10.3. The molecule has 0 fully saturated rings. The third kappa shape index (κ3) is 3.45. The summed E-state index contributed by atoms with van der Waals surface area (Å²) in [6.07, 6.45) is 1.69. The monoisotopic (exact) mass is 293 g/mol. The van der Waals surface area contributed by atoms with Gasteiger partial charge in [-0.3, -0.25) is 14.8 Å². The third-order valence-corrected chi connectivity index (χ3v) is 2.91. The van der Waals surface area contributed by atoms with Gasteiger partial charge in [-0.1, -0.05) is 11.6 Å². The van der Waals surface area contributed by atoms with Crippen molar-refractivity contribution in [2.45, 2.75) is 19.8 Å². The van der Waals surface area contributed by atoms with Crippen molar-refractivity contribution in [3.05, 3.63) is 35.5 Å². The summed E-state index contributed by atoms with van der Waals surface area (Å²) in [5, 5.41) is 1.23. The first-order chi connectivity index (χ1) is 9.58. The van der Waals surface area contributed by atoms with Crippen LogP contribution in [-0.2, 0) is 14.5 Å². The molecule has 2 rings (SSSR count). The summed E-state index contributed by atoms with van der Waals surface area (Å²) < 4.78 is 0. The maximum atomic E-state index is 11.4. The largest absolute Gasteiger partial charge is 0.355 e. The van der Waals surface area contributed by atoms with E-state index < -0.39 is 5.97 Å². The number of fused-ring (bicyclic) bond motifs is 1. The molecule has 0 aliphatic carbocycles. The van der Waals surface area contributed by atoms with Crippen LogP contribution in [0.15, 0.2) is 30.5 Å². The molecule has 1 heterocycles. The van der Waals surface area contributed by atoms with E-state index in [1.54, 1.807) is 30.5 Å². The molecule has 0 saturated heterocycles. The first-order valence-electron chi connectivity index (χ1n) is 5.98. The summed E-state index contributed by atoms with van der Waals surface area (Å²) in [7, 11) is 0. The first kappa shape index (κ1) is 14.3. The molecule has 0 amide bonds. The number of ketones is 1. The molecule has 2 aromatic rings. The molecule has 1 aromatic carbocycles. The molecule has 0 N–H and O–H groups in total.